The summed E-state index contributed by atoms with van der Waals surface area (Å²) in [5, 5.41) is 0.761. The zero-order chi connectivity index (χ0) is 19.3. The molecular formula is C22H27ClN3O2+. The second-order valence-corrected chi connectivity index (χ2v) is 7.84. The van der Waals surface area contributed by atoms with Gasteiger partial charge in [-0.05, 0) is 18.2 Å². The van der Waals surface area contributed by atoms with Gasteiger partial charge in [0.15, 0.2) is 6.04 Å². The van der Waals surface area contributed by atoms with Gasteiger partial charge in [-0.25, -0.2) is 0 Å². The van der Waals surface area contributed by atoms with Crippen molar-refractivity contribution in [1.82, 2.24) is 4.90 Å². The van der Waals surface area contributed by atoms with Crippen LogP contribution < -0.4 is 9.80 Å². The van der Waals surface area contributed by atoms with E-state index in [0.717, 1.165) is 42.5 Å². The molecule has 0 aliphatic carbocycles. The van der Waals surface area contributed by atoms with Crippen LogP contribution in [-0.4, -0.2) is 63.3 Å². The molecule has 0 bridgehead atoms. The summed E-state index contributed by atoms with van der Waals surface area (Å²) in [5.74, 6) is 0.223. The van der Waals surface area contributed by atoms with Gasteiger partial charge in [-0.15, -0.1) is 0 Å². The first-order valence-corrected chi connectivity index (χ1v) is 10.4. The maximum absolute atomic E-state index is 13.4. The molecule has 0 spiro atoms. The molecule has 0 saturated carbocycles. The number of rotatable bonds is 4. The molecule has 2 saturated heterocycles. The number of nitrogens with zero attached hydrogens (tertiary/aromatic N) is 2. The Balaban J connectivity index is 1.50. The first kappa shape index (κ1) is 19.2. The highest BCUT2D eigenvalue weighted by atomic mass is 35.5. The molecule has 2 aromatic rings. The summed E-state index contributed by atoms with van der Waals surface area (Å²) in [4.78, 5) is 19.1. The maximum atomic E-state index is 13.4. The summed E-state index contributed by atoms with van der Waals surface area (Å²) in [5.41, 5.74) is 2.26. The van der Waals surface area contributed by atoms with Gasteiger partial charge in [0.1, 0.15) is 0 Å². The average Bonchev–Trinajstić information content (AvgIpc) is 2.76. The van der Waals surface area contributed by atoms with Crippen LogP contribution in [0.2, 0.25) is 5.02 Å². The van der Waals surface area contributed by atoms with Crippen LogP contribution in [0.4, 0.5) is 5.69 Å². The highest BCUT2D eigenvalue weighted by molar-refractivity contribution is 6.30. The minimum atomic E-state index is -0.152. The third-order valence-electron chi connectivity index (χ3n) is 5.69. The summed E-state index contributed by atoms with van der Waals surface area (Å²) < 4.78 is 5.44. The summed E-state index contributed by atoms with van der Waals surface area (Å²) >= 11 is 6.16. The first-order chi connectivity index (χ1) is 13.7. The second-order valence-electron chi connectivity index (χ2n) is 7.41. The minimum absolute atomic E-state index is 0.152. The molecule has 0 radical (unpaired) electrons. The lowest BCUT2D eigenvalue weighted by molar-refractivity contribution is -0.923. The molecule has 2 aliphatic rings. The molecule has 1 atom stereocenters. The van der Waals surface area contributed by atoms with Crippen molar-refractivity contribution in [3.63, 3.8) is 0 Å². The molecule has 0 aromatic heterocycles. The highest BCUT2D eigenvalue weighted by Crippen LogP contribution is 2.20. The molecule has 2 heterocycles. The first-order valence-electron chi connectivity index (χ1n) is 9.99. The number of piperazine rings is 1. The quantitative estimate of drug-likeness (QED) is 0.847. The van der Waals surface area contributed by atoms with Gasteiger partial charge in [-0.2, -0.15) is 0 Å². The third-order valence-corrected chi connectivity index (χ3v) is 5.92. The second kappa shape index (κ2) is 8.95. The maximum Gasteiger partial charge on any atom is 0.285 e. The van der Waals surface area contributed by atoms with Gasteiger partial charge in [-0.1, -0.05) is 48.0 Å². The molecule has 6 heteroatoms. The van der Waals surface area contributed by atoms with Crippen LogP contribution in [0.3, 0.4) is 0 Å². The van der Waals surface area contributed by atoms with Crippen molar-refractivity contribution in [1.29, 1.82) is 0 Å². The predicted octanol–water partition coefficient (Wildman–Crippen LogP) is 1.64. The van der Waals surface area contributed by atoms with Gasteiger partial charge < -0.3 is 19.4 Å². The van der Waals surface area contributed by atoms with Crippen LogP contribution in [0.5, 0.6) is 0 Å². The number of carbonyl (C=O) groups excluding carboxylic acids is 1. The number of ether oxygens (including phenoxy) is 1. The van der Waals surface area contributed by atoms with Crippen LogP contribution >= 0.6 is 11.6 Å². The van der Waals surface area contributed by atoms with E-state index < -0.39 is 0 Å². The van der Waals surface area contributed by atoms with E-state index in [0.29, 0.717) is 26.3 Å². The Morgan fingerprint density at radius 1 is 0.964 bits per heavy atom. The Morgan fingerprint density at radius 2 is 1.68 bits per heavy atom. The normalized spacial score (nSPS) is 19.5. The Hall–Kier alpha value is -2.08. The lowest BCUT2D eigenvalue weighted by Gasteiger charge is -2.39. The lowest BCUT2D eigenvalue weighted by atomic mass is 10.0. The molecule has 28 heavy (non-hydrogen) atoms. The monoisotopic (exact) mass is 400 g/mol. The van der Waals surface area contributed by atoms with Gasteiger partial charge in [0.2, 0.25) is 0 Å². The molecule has 2 aliphatic heterocycles. The van der Waals surface area contributed by atoms with E-state index in [4.69, 9.17) is 16.3 Å². The van der Waals surface area contributed by atoms with Gasteiger partial charge in [0.05, 0.1) is 39.4 Å². The van der Waals surface area contributed by atoms with Crippen molar-refractivity contribution in [3.05, 3.63) is 65.2 Å². The molecule has 0 unspecified atom stereocenters. The number of halogens is 1. The molecule has 148 valence electrons. The van der Waals surface area contributed by atoms with Crippen molar-refractivity contribution >= 4 is 23.2 Å². The predicted molar refractivity (Wildman–Crippen MR) is 111 cm³/mol. The topological polar surface area (TPSA) is 37.2 Å². The van der Waals surface area contributed by atoms with Gasteiger partial charge in [0, 0.05) is 29.4 Å². The number of carbonyl (C=O) groups is 1. The van der Waals surface area contributed by atoms with Crippen molar-refractivity contribution < 1.29 is 14.4 Å². The van der Waals surface area contributed by atoms with E-state index in [1.165, 1.54) is 4.90 Å². The Labute approximate surface area is 171 Å². The van der Waals surface area contributed by atoms with E-state index in [1.807, 2.05) is 41.3 Å². The van der Waals surface area contributed by atoms with Crippen LogP contribution in [0, 0.1) is 0 Å². The fourth-order valence-electron chi connectivity index (χ4n) is 4.18. The number of hydrogen-bond donors (Lipinski definition) is 1. The number of benzene rings is 2. The van der Waals surface area contributed by atoms with Crippen LogP contribution in [-0.2, 0) is 9.53 Å². The van der Waals surface area contributed by atoms with E-state index in [2.05, 4.69) is 23.1 Å². The number of quaternary nitrogens is 1. The van der Waals surface area contributed by atoms with Gasteiger partial charge >= 0.3 is 0 Å². The minimum Gasteiger partial charge on any atom is -0.378 e. The lowest BCUT2D eigenvalue weighted by Crippen LogP contribution is -3.16. The largest absolute Gasteiger partial charge is 0.378 e. The fourth-order valence-corrected chi connectivity index (χ4v) is 4.36. The van der Waals surface area contributed by atoms with E-state index in [-0.39, 0.29) is 11.9 Å². The van der Waals surface area contributed by atoms with E-state index in [1.54, 1.807) is 0 Å². The number of morpholine rings is 1. The fraction of sp³-hybridized carbons (Fsp3) is 0.409. The SMILES string of the molecule is O=C([C@@H](c1ccccc1)[NH+]1CCN(c2cccc(Cl)c2)CC1)N1CCOCC1. The molecular weight excluding hydrogens is 374 g/mol. The van der Waals surface area contributed by atoms with Gasteiger partial charge in [0.25, 0.3) is 5.91 Å². The summed E-state index contributed by atoms with van der Waals surface area (Å²) in [6.45, 7) is 6.29. The number of nitrogens with one attached hydrogen (secondary N) is 1. The third kappa shape index (κ3) is 4.32. The zero-order valence-electron chi connectivity index (χ0n) is 16.0. The Morgan fingerprint density at radius 3 is 2.36 bits per heavy atom. The smallest absolute Gasteiger partial charge is 0.285 e. The average molecular weight is 401 g/mol. The molecule has 4 rings (SSSR count). The van der Waals surface area contributed by atoms with Crippen LogP contribution in [0.15, 0.2) is 54.6 Å². The van der Waals surface area contributed by atoms with E-state index in [9.17, 15) is 4.79 Å². The van der Waals surface area contributed by atoms with E-state index >= 15 is 0 Å². The van der Waals surface area contributed by atoms with Crippen molar-refractivity contribution in [2.24, 2.45) is 0 Å². The number of amides is 1. The summed E-state index contributed by atoms with van der Waals surface area (Å²) in [7, 11) is 0. The Kier molecular flexibility index (Phi) is 6.15. The molecule has 2 aromatic carbocycles. The Bertz CT molecular complexity index is 787. The van der Waals surface area contributed by atoms with Crippen LogP contribution in [0.1, 0.15) is 11.6 Å². The summed E-state index contributed by atoms with van der Waals surface area (Å²) in [6, 6.07) is 18.1. The van der Waals surface area contributed by atoms with Gasteiger partial charge in [-0.3, -0.25) is 4.79 Å². The standard InChI is InChI=1S/C22H26ClN3O2/c23-19-7-4-8-20(17-19)24-9-11-25(12-10-24)21(18-5-2-1-3-6-18)22(27)26-13-15-28-16-14-26/h1-8,17,21H,9-16H2/p+1/t21-/m1/s1. The van der Waals surface area contributed by atoms with Crippen molar-refractivity contribution in [2.45, 2.75) is 6.04 Å². The zero-order valence-corrected chi connectivity index (χ0v) is 16.8. The van der Waals surface area contributed by atoms with Crippen molar-refractivity contribution in [3.8, 4) is 0 Å². The highest BCUT2D eigenvalue weighted by Gasteiger charge is 2.37. The summed E-state index contributed by atoms with van der Waals surface area (Å²) in [6.07, 6.45) is 0. The van der Waals surface area contributed by atoms with Crippen LogP contribution in [0.25, 0.3) is 0 Å². The molecule has 5 nitrogen and oxygen atoms in total. The molecule has 1 N–H and O–H groups in total. The number of hydrogen-bond acceptors (Lipinski definition) is 3. The number of anilines is 1. The van der Waals surface area contributed by atoms with Crippen molar-refractivity contribution in [2.75, 3.05) is 57.4 Å². The molecule has 2 fully saturated rings. The molecule has 1 amide bonds.